The van der Waals surface area contributed by atoms with E-state index in [1.165, 1.54) is 12.8 Å². The van der Waals surface area contributed by atoms with Crippen LogP contribution in [0.4, 0.5) is 0 Å². The van der Waals surface area contributed by atoms with Crippen LogP contribution in [-0.2, 0) is 9.84 Å². The van der Waals surface area contributed by atoms with Gasteiger partial charge >= 0.3 is 0 Å². The summed E-state index contributed by atoms with van der Waals surface area (Å²) in [6, 6.07) is 0. The van der Waals surface area contributed by atoms with Crippen LogP contribution in [-0.4, -0.2) is 25.8 Å². The van der Waals surface area contributed by atoms with E-state index in [4.69, 9.17) is 11.6 Å². The van der Waals surface area contributed by atoms with Crippen LogP contribution in [0.3, 0.4) is 0 Å². The number of rotatable bonds is 3. The highest BCUT2D eigenvalue weighted by atomic mass is 35.5. The van der Waals surface area contributed by atoms with Crippen molar-refractivity contribution in [3.8, 4) is 0 Å². The highest BCUT2D eigenvalue weighted by Crippen LogP contribution is 2.44. The van der Waals surface area contributed by atoms with E-state index in [0.29, 0.717) is 29.2 Å². The normalized spacial score (nSPS) is 34.7. The predicted octanol–water partition coefficient (Wildman–Crippen LogP) is 1.69. The van der Waals surface area contributed by atoms with Crippen molar-refractivity contribution in [2.75, 3.05) is 17.4 Å². The van der Waals surface area contributed by atoms with Crippen LogP contribution in [0.1, 0.15) is 19.3 Å². The zero-order valence-electron chi connectivity index (χ0n) is 7.58. The van der Waals surface area contributed by atoms with E-state index in [1.54, 1.807) is 0 Å². The highest BCUT2D eigenvalue weighted by Gasteiger charge is 2.40. The van der Waals surface area contributed by atoms with Gasteiger partial charge in [-0.1, -0.05) is 0 Å². The second kappa shape index (κ2) is 3.43. The van der Waals surface area contributed by atoms with Gasteiger partial charge in [-0.3, -0.25) is 0 Å². The van der Waals surface area contributed by atoms with Crippen molar-refractivity contribution < 1.29 is 8.42 Å². The van der Waals surface area contributed by atoms with Crippen LogP contribution in [0.25, 0.3) is 0 Å². The Bertz CT molecular complexity index is 282. The zero-order chi connectivity index (χ0) is 9.47. The van der Waals surface area contributed by atoms with Crippen LogP contribution < -0.4 is 0 Å². The van der Waals surface area contributed by atoms with Gasteiger partial charge in [0.2, 0.25) is 0 Å². The topological polar surface area (TPSA) is 34.1 Å². The Hall–Kier alpha value is 0.240. The molecule has 2 atom stereocenters. The minimum atomic E-state index is -2.71. The van der Waals surface area contributed by atoms with E-state index >= 15 is 0 Å². The van der Waals surface area contributed by atoms with Gasteiger partial charge in [0.1, 0.15) is 0 Å². The maximum Gasteiger partial charge on any atom is 0.150 e. The molecule has 1 saturated heterocycles. The lowest BCUT2D eigenvalue weighted by molar-refractivity contribution is 0.357. The molecular formula is C9H15ClO2S. The number of sulfone groups is 1. The summed E-state index contributed by atoms with van der Waals surface area (Å²) in [6.07, 6.45) is 3.36. The van der Waals surface area contributed by atoms with Gasteiger partial charge in [0.25, 0.3) is 0 Å². The Labute approximate surface area is 84.6 Å². The molecule has 1 aliphatic carbocycles. The molecule has 2 unspecified atom stereocenters. The van der Waals surface area contributed by atoms with Gasteiger partial charge in [0.05, 0.1) is 11.5 Å². The fourth-order valence-electron chi connectivity index (χ4n) is 2.32. The summed E-state index contributed by atoms with van der Waals surface area (Å²) in [7, 11) is -2.71. The van der Waals surface area contributed by atoms with Crippen molar-refractivity contribution in [1.82, 2.24) is 0 Å². The Morgan fingerprint density at radius 2 is 1.92 bits per heavy atom. The first-order chi connectivity index (χ1) is 6.12. The molecule has 1 saturated carbocycles. The van der Waals surface area contributed by atoms with E-state index in [1.807, 2.05) is 0 Å². The maximum atomic E-state index is 11.3. The molecule has 2 rings (SSSR count). The summed E-state index contributed by atoms with van der Waals surface area (Å²) < 4.78 is 22.5. The van der Waals surface area contributed by atoms with Gasteiger partial charge in [-0.25, -0.2) is 8.42 Å². The molecule has 13 heavy (non-hydrogen) atoms. The van der Waals surface area contributed by atoms with E-state index in [-0.39, 0.29) is 0 Å². The van der Waals surface area contributed by atoms with Crippen LogP contribution in [0.15, 0.2) is 0 Å². The fourth-order valence-corrected chi connectivity index (χ4v) is 4.72. The smallest absolute Gasteiger partial charge is 0.150 e. The van der Waals surface area contributed by atoms with E-state index in [2.05, 4.69) is 0 Å². The number of alkyl halides is 1. The molecule has 2 nitrogen and oxygen atoms in total. The average molecular weight is 223 g/mol. The Balaban J connectivity index is 2.00. The van der Waals surface area contributed by atoms with Crippen molar-refractivity contribution in [3.63, 3.8) is 0 Å². The molecule has 4 heteroatoms. The summed E-state index contributed by atoms with van der Waals surface area (Å²) in [6.45, 7) is 0. The second-order valence-electron chi connectivity index (χ2n) is 4.32. The lowest BCUT2D eigenvalue weighted by Crippen LogP contribution is -2.19. The molecule has 0 amide bonds. The Morgan fingerprint density at radius 1 is 1.23 bits per heavy atom. The molecule has 0 aromatic heterocycles. The molecule has 1 heterocycles. The lowest BCUT2D eigenvalue weighted by atomic mass is 9.89. The summed E-state index contributed by atoms with van der Waals surface area (Å²) in [5, 5.41) is 0. The summed E-state index contributed by atoms with van der Waals surface area (Å²) in [5.41, 5.74) is 0. The van der Waals surface area contributed by atoms with E-state index < -0.39 is 9.84 Å². The first kappa shape index (κ1) is 9.78. The Kier molecular flexibility index (Phi) is 2.58. The molecule has 0 aromatic carbocycles. The molecule has 2 fully saturated rings. The van der Waals surface area contributed by atoms with Crippen molar-refractivity contribution in [2.24, 2.45) is 17.8 Å². The average Bonchev–Trinajstić information content (AvgIpc) is 2.80. The van der Waals surface area contributed by atoms with Gasteiger partial charge in [0.15, 0.2) is 9.84 Å². The van der Waals surface area contributed by atoms with Gasteiger partial charge in [0, 0.05) is 5.88 Å². The largest absolute Gasteiger partial charge is 0.229 e. The SMILES string of the molecule is O=S1(=O)CCC(C(CCl)C2CC2)C1. The van der Waals surface area contributed by atoms with Crippen LogP contribution in [0.5, 0.6) is 0 Å². The molecule has 0 N–H and O–H groups in total. The van der Waals surface area contributed by atoms with Crippen molar-refractivity contribution >= 4 is 21.4 Å². The molecule has 0 bridgehead atoms. The lowest BCUT2D eigenvalue weighted by Gasteiger charge is -2.18. The van der Waals surface area contributed by atoms with Gasteiger partial charge in [-0.15, -0.1) is 11.6 Å². The first-order valence-electron chi connectivity index (χ1n) is 4.89. The highest BCUT2D eigenvalue weighted by molar-refractivity contribution is 7.91. The molecule has 0 radical (unpaired) electrons. The van der Waals surface area contributed by atoms with E-state index in [0.717, 1.165) is 12.3 Å². The third-order valence-electron chi connectivity index (χ3n) is 3.28. The second-order valence-corrected chi connectivity index (χ2v) is 6.86. The third-order valence-corrected chi connectivity index (χ3v) is 5.43. The molecule has 2 aliphatic rings. The Morgan fingerprint density at radius 3 is 2.31 bits per heavy atom. The van der Waals surface area contributed by atoms with Gasteiger partial charge in [-0.05, 0) is 37.0 Å². The van der Waals surface area contributed by atoms with Crippen LogP contribution in [0.2, 0.25) is 0 Å². The van der Waals surface area contributed by atoms with Crippen molar-refractivity contribution in [3.05, 3.63) is 0 Å². The molecule has 76 valence electrons. The van der Waals surface area contributed by atoms with Gasteiger partial charge < -0.3 is 0 Å². The third kappa shape index (κ3) is 2.18. The minimum Gasteiger partial charge on any atom is -0.229 e. The molecule has 1 aliphatic heterocycles. The molecule has 0 aromatic rings. The maximum absolute atomic E-state index is 11.3. The van der Waals surface area contributed by atoms with Crippen molar-refractivity contribution in [1.29, 1.82) is 0 Å². The zero-order valence-corrected chi connectivity index (χ0v) is 9.15. The number of halogens is 1. The van der Waals surface area contributed by atoms with Crippen LogP contribution >= 0.6 is 11.6 Å². The predicted molar refractivity (Wildman–Crippen MR) is 53.7 cm³/mol. The number of hydrogen-bond acceptors (Lipinski definition) is 2. The number of hydrogen-bond donors (Lipinski definition) is 0. The first-order valence-corrected chi connectivity index (χ1v) is 7.24. The standard InChI is InChI=1S/C9H15ClO2S/c10-5-9(7-1-2-7)8-3-4-13(11,12)6-8/h7-9H,1-6H2. The van der Waals surface area contributed by atoms with Crippen molar-refractivity contribution in [2.45, 2.75) is 19.3 Å². The summed E-state index contributed by atoms with van der Waals surface area (Å²) in [5.74, 6) is 2.98. The molecular weight excluding hydrogens is 208 g/mol. The summed E-state index contributed by atoms with van der Waals surface area (Å²) in [4.78, 5) is 0. The fraction of sp³-hybridized carbons (Fsp3) is 1.00. The van der Waals surface area contributed by atoms with Gasteiger partial charge in [-0.2, -0.15) is 0 Å². The minimum absolute atomic E-state index is 0.356. The van der Waals surface area contributed by atoms with E-state index in [9.17, 15) is 8.42 Å². The molecule has 0 spiro atoms. The monoisotopic (exact) mass is 222 g/mol. The quantitative estimate of drug-likeness (QED) is 0.681. The summed E-state index contributed by atoms with van der Waals surface area (Å²) >= 11 is 5.88. The van der Waals surface area contributed by atoms with Crippen LogP contribution in [0, 0.1) is 17.8 Å².